The van der Waals surface area contributed by atoms with Gasteiger partial charge in [0.1, 0.15) is 12.1 Å². The van der Waals surface area contributed by atoms with Crippen molar-refractivity contribution >= 4 is 5.69 Å². The molecule has 1 aromatic carbocycles. The van der Waals surface area contributed by atoms with Crippen LogP contribution in [0.3, 0.4) is 0 Å². The molecule has 6 heteroatoms. The second-order valence-corrected chi connectivity index (χ2v) is 4.05. The van der Waals surface area contributed by atoms with Crippen molar-refractivity contribution in [2.24, 2.45) is 5.73 Å². The summed E-state index contributed by atoms with van der Waals surface area (Å²) in [7, 11) is 0. The van der Waals surface area contributed by atoms with Crippen LogP contribution in [0.4, 0.5) is 5.69 Å². The molecule has 2 N–H and O–H groups in total. The number of nitrogens with zero attached hydrogens (tertiary/aromatic N) is 2. The van der Waals surface area contributed by atoms with E-state index in [1.807, 2.05) is 6.07 Å². The Labute approximate surface area is 98.8 Å². The zero-order valence-corrected chi connectivity index (χ0v) is 9.64. The summed E-state index contributed by atoms with van der Waals surface area (Å²) in [6, 6.07) is 6.46. The molecule has 0 fully saturated rings. The number of nitrogens with two attached hydrogens (primary N) is 1. The van der Waals surface area contributed by atoms with Crippen LogP contribution in [0.2, 0.25) is 0 Å². The Kier molecular flexibility index (Phi) is 3.66. The smallest absolute Gasteiger partial charge is 0.311 e. The second-order valence-electron chi connectivity index (χ2n) is 4.05. The Balaban J connectivity index is 2.92. The second kappa shape index (κ2) is 4.80. The molecule has 6 nitrogen and oxygen atoms in total. The van der Waals surface area contributed by atoms with Gasteiger partial charge in [-0.25, -0.2) is 0 Å². The van der Waals surface area contributed by atoms with Gasteiger partial charge in [0.25, 0.3) is 0 Å². The summed E-state index contributed by atoms with van der Waals surface area (Å²) < 4.78 is 5.22. The monoisotopic (exact) mass is 235 g/mol. The molecule has 0 heterocycles. The predicted octanol–water partition coefficient (Wildman–Crippen LogP) is 1.52. The first kappa shape index (κ1) is 12.9. The fourth-order valence-electron chi connectivity index (χ4n) is 1.15. The van der Waals surface area contributed by atoms with Crippen LogP contribution in [0, 0.1) is 28.4 Å². The van der Waals surface area contributed by atoms with Crippen molar-refractivity contribution in [1.82, 2.24) is 0 Å². The van der Waals surface area contributed by atoms with E-state index in [1.165, 1.54) is 19.1 Å². The quantitative estimate of drug-likeness (QED) is 0.629. The van der Waals surface area contributed by atoms with E-state index in [2.05, 4.69) is 0 Å². The van der Waals surface area contributed by atoms with Crippen molar-refractivity contribution in [3.8, 4) is 11.8 Å². The van der Waals surface area contributed by atoms with Crippen LogP contribution < -0.4 is 10.5 Å². The Morgan fingerprint density at radius 1 is 1.65 bits per heavy atom. The largest absolute Gasteiger partial charge is 0.484 e. The van der Waals surface area contributed by atoms with Gasteiger partial charge in [0.05, 0.1) is 11.0 Å². The van der Waals surface area contributed by atoms with Crippen LogP contribution in [0.25, 0.3) is 0 Å². The number of nitro benzene ring substituents is 1. The average Bonchev–Trinajstić information content (AvgIpc) is 2.27. The summed E-state index contributed by atoms with van der Waals surface area (Å²) in [5.74, 6) is 0.118. The van der Waals surface area contributed by atoms with Gasteiger partial charge in [0.2, 0.25) is 0 Å². The number of rotatable bonds is 4. The molecule has 0 aliphatic rings. The molecule has 1 aromatic rings. The van der Waals surface area contributed by atoms with Crippen LogP contribution in [-0.2, 0) is 0 Å². The summed E-state index contributed by atoms with van der Waals surface area (Å²) in [6.45, 7) is 3.14. The van der Waals surface area contributed by atoms with Crippen LogP contribution in [-0.4, -0.2) is 17.1 Å². The first-order valence-corrected chi connectivity index (χ1v) is 4.94. The number of ether oxygens (including phenoxy) is 1. The molecular weight excluding hydrogens is 222 g/mol. The predicted molar refractivity (Wildman–Crippen MR) is 61.5 cm³/mol. The van der Waals surface area contributed by atoms with Crippen molar-refractivity contribution < 1.29 is 9.66 Å². The van der Waals surface area contributed by atoms with Gasteiger partial charge in [0.15, 0.2) is 5.75 Å². The fourth-order valence-corrected chi connectivity index (χ4v) is 1.15. The molecule has 0 saturated heterocycles. The van der Waals surface area contributed by atoms with Crippen LogP contribution in [0.15, 0.2) is 18.2 Å². The number of hydrogen-bond donors (Lipinski definition) is 1. The molecule has 0 saturated carbocycles. The fraction of sp³-hybridized carbons (Fsp3) is 0.364. The van der Waals surface area contributed by atoms with Crippen LogP contribution in [0.5, 0.6) is 5.75 Å². The summed E-state index contributed by atoms with van der Waals surface area (Å²) in [5.41, 5.74) is 5.03. The number of aryl methyl sites for hydroxylation is 1. The molecule has 0 aliphatic carbocycles. The van der Waals surface area contributed by atoms with Gasteiger partial charge in [-0.05, 0) is 25.5 Å². The van der Waals surface area contributed by atoms with E-state index in [0.717, 1.165) is 5.56 Å². The molecule has 0 radical (unpaired) electrons. The summed E-state index contributed by atoms with van der Waals surface area (Å²) in [4.78, 5) is 10.3. The highest BCUT2D eigenvalue weighted by molar-refractivity contribution is 5.48. The zero-order chi connectivity index (χ0) is 13.1. The minimum atomic E-state index is -1.17. The lowest BCUT2D eigenvalue weighted by molar-refractivity contribution is -0.385. The molecule has 0 amide bonds. The topological polar surface area (TPSA) is 102 Å². The minimum Gasteiger partial charge on any atom is -0.484 e. The maximum Gasteiger partial charge on any atom is 0.311 e. The number of nitriles is 1. The maximum absolute atomic E-state index is 10.8. The van der Waals surface area contributed by atoms with E-state index in [0.29, 0.717) is 0 Å². The Morgan fingerprint density at radius 2 is 2.29 bits per heavy atom. The third-order valence-electron chi connectivity index (χ3n) is 2.09. The Morgan fingerprint density at radius 3 is 2.82 bits per heavy atom. The lowest BCUT2D eigenvalue weighted by Gasteiger charge is -2.16. The summed E-state index contributed by atoms with van der Waals surface area (Å²) >= 11 is 0. The lowest BCUT2D eigenvalue weighted by atomic mass is 10.1. The van der Waals surface area contributed by atoms with E-state index >= 15 is 0 Å². The van der Waals surface area contributed by atoms with Crippen LogP contribution >= 0.6 is 0 Å². The van der Waals surface area contributed by atoms with Crippen molar-refractivity contribution in [1.29, 1.82) is 5.26 Å². The molecule has 0 aliphatic heterocycles. The van der Waals surface area contributed by atoms with Crippen molar-refractivity contribution in [3.63, 3.8) is 0 Å². The van der Waals surface area contributed by atoms with Gasteiger partial charge in [0, 0.05) is 6.07 Å². The van der Waals surface area contributed by atoms with Gasteiger partial charge in [-0.3, -0.25) is 10.1 Å². The molecule has 1 atom stereocenters. The van der Waals surface area contributed by atoms with Crippen molar-refractivity contribution in [3.05, 3.63) is 33.9 Å². The maximum atomic E-state index is 10.8. The van der Waals surface area contributed by atoms with Gasteiger partial charge < -0.3 is 10.5 Å². The Hall–Kier alpha value is -2.13. The highest BCUT2D eigenvalue weighted by atomic mass is 16.6. The number of benzene rings is 1. The first-order chi connectivity index (χ1) is 7.85. The molecule has 0 spiro atoms. The molecule has 0 aromatic heterocycles. The summed E-state index contributed by atoms with van der Waals surface area (Å²) in [6.07, 6.45) is 0. The average molecular weight is 235 g/mol. The van der Waals surface area contributed by atoms with Crippen LogP contribution in [0.1, 0.15) is 12.5 Å². The van der Waals surface area contributed by atoms with E-state index in [1.54, 1.807) is 13.0 Å². The van der Waals surface area contributed by atoms with Gasteiger partial charge in [-0.15, -0.1) is 0 Å². The minimum absolute atomic E-state index is 0.104. The van der Waals surface area contributed by atoms with Gasteiger partial charge in [-0.1, -0.05) is 6.07 Å². The molecule has 0 bridgehead atoms. The highest BCUT2D eigenvalue weighted by Crippen LogP contribution is 2.28. The molecule has 17 heavy (non-hydrogen) atoms. The van der Waals surface area contributed by atoms with Gasteiger partial charge >= 0.3 is 5.69 Å². The number of hydrogen-bond acceptors (Lipinski definition) is 5. The van der Waals surface area contributed by atoms with E-state index in [9.17, 15) is 10.1 Å². The third-order valence-corrected chi connectivity index (χ3v) is 2.09. The first-order valence-electron chi connectivity index (χ1n) is 4.94. The zero-order valence-electron chi connectivity index (χ0n) is 9.64. The highest BCUT2D eigenvalue weighted by Gasteiger charge is 2.21. The number of nitro groups is 1. The Bertz CT molecular complexity index is 477. The molecular formula is C11H13N3O3. The molecule has 90 valence electrons. The van der Waals surface area contributed by atoms with E-state index in [4.69, 9.17) is 15.7 Å². The normalized spacial score (nSPS) is 13.5. The van der Waals surface area contributed by atoms with Gasteiger partial charge in [-0.2, -0.15) is 5.26 Å². The molecule has 1 unspecified atom stereocenters. The van der Waals surface area contributed by atoms with Crippen molar-refractivity contribution in [2.75, 3.05) is 6.61 Å². The van der Waals surface area contributed by atoms with E-state index < -0.39 is 10.5 Å². The standard InChI is InChI=1S/C11H13N3O3/c1-8-3-4-10(9(5-8)14(15)16)17-7-11(2,13)6-12/h3-5H,7,13H2,1-2H3. The van der Waals surface area contributed by atoms with E-state index in [-0.39, 0.29) is 18.0 Å². The van der Waals surface area contributed by atoms with Crippen molar-refractivity contribution in [2.45, 2.75) is 19.4 Å². The third kappa shape index (κ3) is 3.43. The summed E-state index contributed by atoms with van der Waals surface area (Å²) in [5, 5.41) is 19.5. The molecule has 1 rings (SSSR count). The lowest BCUT2D eigenvalue weighted by Crippen LogP contribution is -2.40. The SMILES string of the molecule is Cc1ccc(OCC(C)(N)C#N)c([N+](=O)[O-])c1.